The third-order valence-electron chi connectivity index (χ3n) is 2.70. The first-order valence-corrected chi connectivity index (χ1v) is 9.11. The van der Waals surface area contributed by atoms with E-state index in [1.807, 2.05) is 12.1 Å². The number of para-hydroxylation sites is 1. The summed E-state index contributed by atoms with van der Waals surface area (Å²) in [6, 6.07) is 8.82. The average molecular weight is 323 g/mol. The summed E-state index contributed by atoms with van der Waals surface area (Å²) in [4.78, 5) is 16.0. The Morgan fingerprint density at radius 2 is 2.00 bits per heavy atom. The number of benzene rings is 1. The Morgan fingerprint density at radius 3 is 2.70 bits per heavy atom. The second-order valence-corrected chi connectivity index (χ2v) is 8.12. The zero-order chi connectivity index (χ0) is 14.2. The van der Waals surface area contributed by atoms with Gasteiger partial charge in [-0.3, -0.25) is 4.79 Å². The Bertz CT molecular complexity index is 830. The number of rotatable bonds is 4. The molecule has 0 bridgehead atoms. The Balaban J connectivity index is 1.93. The molecule has 2 heterocycles. The van der Waals surface area contributed by atoms with E-state index in [0.29, 0.717) is 11.1 Å². The van der Waals surface area contributed by atoms with Crippen molar-refractivity contribution in [3.05, 3.63) is 46.7 Å². The van der Waals surface area contributed by atoms with Crippen molar-refractivity contribution < 1.29 is 13.2 Å². The van der Waals surface area contributed by atoms with Gasteiger partial charge >= 0.3 is 0 Å². The van der Waals surface area contributed by atoms with Crippen LogP contribution in [-0.2, 0) is 9.84 Å². The highest BCUT2D eigenvalue weighted by Gasteiger charge is 2.24. The maximum absolute atomic E-state index is 12.2. The topological polar surface area (TPSA) is 64.1 Å². The lowest BCUT2D eigenvalue weighted by Crippen LogP contribution is -2.15. The summed E-state index contributed by atoms with van der Waals surface area (Å²) in [5, 5.41) is 3.40. The summed E-state index contributed by atoms with van der Waals surface area (Å²) in [5.41, 5.74) is 1.07. The van der Waals surface area contributed by atoms with Crippen molar-refractivity contribution in [1.29, 1.82) is 0 Å². The monoisotopic (exact) mass is 323 g/mol. The fourth-order valence-corrected chi connectivity index (χ4v) is 4.91. The van der Waals surface area contributed by atoms with E-state index in [-0.39, 0.29) is 4.34 Å². The van der Waals surface area contributed by atoms with E-state index in [4.69, 9.17) is 0 Å². The maximum Gasteiger partial charge on any atom is 0.212 e. The third kappa shape index (κ3) is 2.52. The highest BCUT2D eigenvalue weighted by molar-refractivity contribution is 7.94. The van der Waals surface area contributed by atoms with Gasteiger partial charge in [0.1, 0.15) is 5.75 Å². The summed E-state index contributed by atoms with van der Waals surface area (Å²) >= 11 is 2.46. The third-order valence-corrected chi connectivity index (χ3v) is 6.50. The second kappa shape index (κ2) is 5.08. The summed E-state index contributed by atoms with van der Waals surface area (Å²) in [5.74, 6) is -0.936. The molecule has 0 spiro atoms. The molecule has 0 aliphatic heterocycles. The van der Waals surface area contributed by atoms with Crippen molar-refractivity contribution in [3.63, 3.8) is 0 Å². The molecule has 2 aromatic heterocycles. The minimum atomic E-state index is -3.68. The predicted molar refractivity (Wildman–Crippen MR) is 80.3 cm³/mol. The highest BCUT2D eigenvalue weighted by Crippen LogP contribution is 2.26. The number of thiazole rings is 1. The maximum atomic E-state index is 12.2. The van der Waals surface area contributed by atoms with Crippen LogP contribution >= 0.6 is 22.7 Å². The van der Waals surface area contributed by atoms with Gasteiger partial charge in [0.05, 0.1) is 10.2 Å². The molecule has 0 amide bonds. The van der Waals surface area contributed by atoms with Gasteiger partial charge in [-0.25, -0.2) is 13.4 Å². The first-order valence-electron chi connectivity index (χ1n) is 5.70. The molecule has 0 saturated heterocycles. The van der Waals surface area contributed by atoms with Gasteiger partial charge in [-0.15, -0.1) is 11.3 Å². The number of sulfone groups is 1. The van der Waals surface area contributed by atoms with Crippen LogP contribution in [0.25, 0.3) is 10.2 Å². The largest absolute Gasteiger partial charge is 0.293 e. The van der Waals surface area contributed by atoms with Gasteiger partial charge in [0.2, 0.25) is 14.2 Å². The van der Waals surface area contributed by atoms with E-state index in [0.717, 1.165) is 16.0 Å². The molecule has 0 saturated carbocycles. The van der Waals surface area contributed by atoms with Crippen molar-refractivity contribution in [1.82, 2.24) is 4.98 Å². The van der Waals surface area contributed by atoms with Crippen LogP contribution in [0.3, 0.4) is 0 Å². The molecule has 0 N–H and O–H groups in total. The molecule has 0 fully saturated rings. The van der Waals surface area contributed by atoms with E-state index in [2.05, 4.69) is 4.98 Å². The number of carbonyl (C=O) groups is 1. The SMILES string of the molecule is O=C(CS(=O)(=O)c1nc2ccccc2s1)c1ccsc1. The van der Waals surface area contributed by atoms with Crippen molar-refractivity contribution in [2.45, 2.75) is 4.34 Å². The Labute approximate surface area is 123 Å². The van der Waals surface area contributed by atoms with Gasteiger partial charge in [0.25, 0.3) is 0 Å². The van der Waals surface area contributed by atoms with Crippen LogP contribution in [0.1, 0.15) is 10.4 Å². The molecule has 3 aromatic rings. The van der Waals surface area contributed by atoms with Crippen LogP contribution in [0.4, 0.5) is 0 Å². The molecule has 4 nitrogen and oxygen atoms in total. The molecular weight excluding hydrogens is 314 g/mol. The van der Waals surface area contributed by atoms with Gasteiger partial charge in [-0.05, 0) is 23.6 Å². The molecule has 1 aromatic carbocycles. The minimum Gasteiger partial charge on any atom is -0.293 e. The number of ketones is 1. The van der Waals surface area contributed by atoms with Crippen LogP contribution in [-0.4, -0.2) is 24.9 Å². The summed E-state index contributed by atoms with van der Waals surface area (Å²) < 4.78 is 25.3. The van der Waals surface area contributed by atoms with Crippen molar-refractivity contribution in [2.75, 3.05) is 5.75 Å². The van der Waals surface area contributed by atoms with Crippen LogP contribution < -0.4 is 0 Å². The Morgan fingerprint density at radius 1 is 1.20 bits per heavy atom. The quantitative estimate of drug-likeness (QED) is 0.692. The molecule has 0 radical (unpaired) electrons. The smallest absolute Gasteiger partial charge is 0.212 e. The van der Waals surface area contributed by atoms with Gasteiger partial charge < -0.3 is 0 Å². The van der Waals surface area contributed by atoms with Gasteiger partial charge in [0, 0.05) is 10.9 Å². The van der Waals surface area contributed by atoms with E-state index in [9.17, 15) is 13.2 Å². The van der Waals surface area contributed by atoms with E-state index >= 15 is 0 Å². The minimum absolute atomic E-state index is 0.00211. The number of fused-ring (bicyclic) bond motifs is 1. The van der Waals surface area contributed by atoms with Gasteiger partial charge in [0.15, 0.2) is 5.78 Å². The van der Waals surface area contributed by atoms with E-state index < -0.39 is 21.4 Å². The molecule has 0 aliphatic carbocycles. The number of hydrogen-bond donors (Lipinski definition) is 0. The first-order chi connectivity index (χ1) is 9.56. The van der Waals surface area contributed by atoms with Crippen molar-refractivity contribution in [3.8, 4) is 0 Å². The second-order valence-electron chi connectivity index (χ2n) is 4.14. The molecule has 0 aliphatic rings. The van der Waals surface area contributed by atoms with Crippen LogP contribution in [0.2, 0.25) is 0 Å². The zero-order valence-corrected chi connectivity index (χ0v) is 12.6. The molecule has 102 valence electrons. The Hall–Kier alpha value is -1.57. The summed E-state index contributed by atoms with van der Waals surface area (Å²) in [7, 11) is -3.68. The molecule has 7 heteroatoms. The molecule has 0 atom stereocenters. The normalized spacial score (nSPS) is 11.8. The van der Waals surface area contributed by atoms with Crippen molar-refractivity contribution in [2.24, 2.45) is 0 Å². The van der Waals surface area contributed by atoms with Crippen LogP contribution in [0.15, 0.2) is 45.4 Å². The highest BCUT2D eigenvalue weighted by atomic mass is 32.2. The average Bonchev–Trinajstić information content (AvgIpc) is 3.07. The van der Waals surface area contributed by atoms with Gasteiger partial charge in [-0.2, -0.15) is 11.3 Å². The lowest BCUT2D eigenvalue weighted by Gasteiger charge is -1.98. The lowest BCUT2D eigenvalue weighted by atomic mass is 10.2. The van der Waals surface area contributed by atoms with E-state index in [1.54, 1.807) is 29.0 Å². The van der Waals surface area contributed by atoms with E-state index in [1.165, 1.54) is 11.3 Å². The van der Waals surface area contributed by atoms with Crippen LogP contribution in [0.5, 0.6) is 0 Å². The molecule has 0 unspecified atom stereocenters. The molecular formula is C13H9NO3S3. The first kappa shape index (κ1) is 13.4. The number of Topliss-reactive ketones (excluding diaryl/α,β-unsaturated/α-hetero) is 1. The number of thiophene rings is 1. The summed E-state index contributed by atoms with van der Waals surface area (Å²) in [6.07, 6.45) is 0. The predicted octanol–water partition coefficient (Wildman–Crippen LogP) is 3.01. The fourth-order valence-electron chi connectivity index (χ4n) is 1.72. The Kier molecular flexibility index (Phi) is 3.41. The fraction of sp³-hybridized carbons (Fsp3) is 0.0769. The zero-order valence-electron chi connectivity index (χ0n) is 10.1. The van der Waals surface area contributed by atoms with Crippen LogP contribution in [0, 0.1) is 0 Å². The summed E-state index contributed by atoms with van der Waals surface area (Å²) in [6.45, 7) is 0. The standard InChI is InChI=1S/C13H9NO3S3/c15-11(9-5-6-18-7-9)8-20(16,17)13-14-10-3-1-2-4-12(10)19-13/h1-7H,8H2. The van der Waals surface area contributed by atoms with Gasteiger partial charge in [-0.1, -0.05) is 12.1 Å². The lowest BCUT2D eigenvalue weighted by molar-refractivity contribution is 0.102. The number of carbonyl (C=O) groups excluding carboxylic acids is 1. The number of nitrogens with zero attached hydrogens (tertiary/aromatic N) is 1. The van der Waals surface area contributed by atoms with Crippen molar-refractivity contribution >= 4 is 48.5 Å². The number of hydrogen-bond acceptors (Lipinski definition) is 6. The number of aromatic nitrogens is 1. The molecule has 3 rings (SSSR count). The molecule has 20 heavy (non-hydrogen) atoms.